The van der Waals surface area contributed by atoms with Crippen LogP contribution in [0.1, 0.15) is 56.0 Å². The monoisotopic (exact) mass is 452 g/mol. The van der Waals surface area contributed by atoms with Gasteiger partial charge in [0.2, 0.25) is 5.91 Å². The van der Waals surface area contributed by atoms with E-state index in [1.54, 1.807) is 6.07 Å². The van der Waals surface area contributed by atoms with E-state index in [0.717, 1.165) is 29.9 Å². The SMILES string of the molecule is CCOc1ccccc1OC1CCN(C(=O)C(CC(C)C)NC(=O)c2ccccc2C)CC1. The molecular weight excluding hydrogens is 416 g/mol. The normalized spacial score (nSPS) is 15.2. The Morgan fingerprint density at radius 2 is 1.67 bits per heavy atom. The highest BCUT2D eigenvalue weighted by molar-refractivity contribution is 5.98. The molecule has 1 heterocycles. The zero-order valence-electron chi connectivity index (χ0n) is 20.2. The first-order valence-corrected chi connectivity index (χ1v) is 11.9. The molecule has 6 nitrogen and oxygen atoms in total. The average Bonchev–Trinajstić information content (AvgIpc) is 2.80. The van der Waals surface area contributed by atoms with Crippen molar-refractivity contribution < 1.29 is 19.1 Å². The van der Waals surface area contributed by atoms with Crippen molar-refractivity contribution in [2.75, 3.05) is 19.7 Å². The Morgan fingerprint density at radius 1 is 1.03 bits per heavy atom. The fraction of sp³-hybridized carbons (Fsp3) is 0.481. The molecule has 2 aromatic carbocycles. The van der Waals surface area contributed by atoms with Crippen LogP contribution in [0.25, 0.3) is 0 Å². The van der Waals surface area contributed by atoms with Crippen LogP contribution in [0, 0.1) is 12.8 Å². The molecule has 33 heavy (non-hydrogen) atoms. The van der Waals surface area contributed by atoms with E-state index in [1.807, 2.05) is 61.2 Å². The second kappa shape index (κ2) is 11.7. The van der Waals surface area contributed by atoms with E-state index in [2.05, 4.69) is 19.2 Å². The second-order valence-electron chi connectivity index (χ2n) is 8.99. The van der Waals surface area contributed by atoms with Crippen LogP contribution in [0.3, 0.4) is 0 Å². The molecule has 1 unspecified atom stereocenters. The topological polar surface area (TPSA) is 67.9 Å². The summed E-state index contributed by atoms with van der Waals surface area (Å²) >= 11 is 0. The number of nitrogens with one attached hydrogen (secondary N) is 1. The highest BCUT2D eigenvalue weighted by Gasteiger charge is 2.31. The zero-order chi connectivity index (χ0) is 23.8. The van der Waals surface area contributed by atoms with Crippen molar-refractivity contribution in [3.05, 3.63) is 59.7 Å². The fourth-order valence-corrected chi connectivity index (χ4v) is 4.17. The Bertz CT molecular complexity index is 935. The molecule has 0 aromatic heterocycles. The number of nitrogens with zero attached hydrogens (tertiary/aromatic N) is 1. The van der Waals surface area contributed by atoms with Crippen LogP contribution in [0.15, 0.2) is 48.5 Å². The third-order valence-corrected chi connectivity index (χ3v) is 5.90. The van der Waals surface area contributed by atoms with Crippen molar-refractivity contribution in [3.63, 3.8) is 0 Å². The largest absolute Gasteiger partial charge is 0.490 e. The molecule has 0 saturated carbocycles. The van der Waals surface area contributed by atoms with Gasteiger partial charge in [-0.2, -0.15) is 0 Å². The molecule has 1 aliphatic heterocycles. The highest BCUT2D eigenvalue weighted by atomic mass is 16.5. The molecule has 0 spiro atoms. The first-order chi connectivity index (χ1) is 15.9. The van der Waals surface area contributed by atoms with Crippen LogP contribution in [0.4, 0.5) is 0 Å². The summed E-state index contributed by atoms with van der Waals surface area (Å²) in [7, 11) is 0. The van der Waals surface area contributed by atoms with Crippen LogP contribution in [0.2, 0.25) is 0 Å². The standard InChI is InChI=1S/C27H36N2O4/c1-5-32-24-12-8-9-13-25(24)33-21-14-16-29(17-15-21)27(31)23(18-19(2)3)28-26(30)22-11-7-6-10-20(22)4/h6-13,19,21,23H,5,14-18H2,1-4H3,(H,28,30). The number of rotatable bonds is 9. The van der Waals surface area contributed by atoms with Gasteiger partial charge in [-0.05, 0) is 49.9 Å². The maximum absolute atomic E-state index is 13.3. The summed E-state index contributed by atoms with van der Waals surface area (Å²) in [5, 5.41) is 3.00. The van der Waals surface area contributed by atoms with Gasteiger partial charge in [0.15, 0.2) is 11.5 Å². The Morgan fingerprint density at radius 3 is 2.30 bits per heavy atom. The van der Waals surface area contributed by atoms with Crippen LogP contribution < -0.4 is 14.8 Å². The number of amides is 2. The maximum Gasteiger partial charge on any atom is 0.252 e. The van der Waals surface area contributed by atoms with Gasteiger partial charge in [0.1, 0.15) is 12.1 Å². The number of hydrogen-bond donors (Lipinski definition) is 1. The molecule has 0 bridgehead atoms. The Hall–Kier alpha value is -3.02. The van der Waals surface area contributed by atoms with Crippen molar-refractivity contribution in [3.8, 4) is 11.5 Å². The van der Waals surface area contributed by atoms with Crippen molar-refractivity contribution in [1.29, 1.82) is 0 Å². The van der Waals surface area contributed by atoms with Crippen molar-refractivity contribution in [2.24, 2.45) is 5.92 Å². The van der Waals surface area contributed by atoms with Crippen LogP contribution >= 0.6 is 0 Å². The predicted molar refractivity (Wildman–Crippen MR) is 130 cm³/mol. The molecule has 178 valence electrons. The molecular formula is C27H36N2O4. The smallest absolute Gasteiger partial charge is 0.252 e. The molecule has 1 fully saturated rings. The van der Waals surface area contributed by atoms with E-state index in [1.165, 1.54) is 0 Å². The van der Waals surface area contributed by atoms with E-state index in [9.17, 15) is 9.59 Å². The highest BCUT2D eigenvalue weighted by Crippen LogP contribution is 2.29. The van der Waals surface area contributed by atoms with Crippen LogP contribution in [0.5, 0.6) is 11.5 Å². The summed E-state index contributed by atoms with van der Waals surface area (Å²) in [6.07, 6.45) is 2.12. The van der Waals surface area contributed by atoms with E-state index < -0.39 is 6.04 Å². The first-order valence-electron chi connectivity index (χ1n) is 11.9. The van der Waals surface area contributed by atoms with Gasteiger partial charge < -0.3 is 19.7 Å². The van der Waals surface area contributed by atoms with E-state index in [0.29, 0.717) is 31.7 Å². The van der Waals surface area contributed by atoms with Gasteiger partial charge in [-0.15, -0.1) is 0 Å². The zero-order valence-corrected chi connectivity index (χ0v) is 20.2. The average molecular weight is 453 g/mol. The number of aryl methyl sites for hydroxylation is 1. The third kappa shape index (κ3) is 6.73. The summed E-state index contributed by atoms with van der Waals surface area (Å²) in [6.45, 7) is 9.78. The lowest BCUT2D eigenvalue weighted by molar-refractivity contribution is -0.135. The fourth-order valence-electron chi connectivity index (χ4n) is 4.17. The van der Waals surface area contributed by atoms with E-state index in [-0.39, 0.29) is 23.8 Å². The summed E-state index contributed by atoms with van der Waals surface area (Å²) in [6, 6.07) is 14.6. The Balaban J connectivity index is 1.60. The maximum atomic E-state index is 13.3. The number of carbonyl (C=O) groups is 2. The van der Waals surface area contributed by atoms with Gasteiger partial charge in [-0.1, -0.05) is 44.2 Å². The van der Waals surface area contributed by atoms with Crippen LogP contribution in [-0.2, 0) is 4.79 Å². The van der Waals surface area contributed by atoms with Crippen molar-refractivity contribution >= 4 is 11.8 Å². The Labute approximate surface area is 197 Å². The molecule has 2 aromatic rings. The van der Waals surface area contributed by atoms with Gasteiger partial charge in [-0.25, -0.2) is 0 Å². The van der Waals surface area contributed by atoms with Crippen LogP contribution in [-0.4, -0.2) is 48.6 Å². The minimum Gasteiger partial charge on any atom is -0.490 e. The molecule has 1 N–H and O–H groups in total. The molecule has 1 aliphatic rings. The molecule has 3 rings (SSSR count). The third-order valence-electron chi connectivity index (χ3n) is 5.90. The quantitative estimate of drug-likeness (QED) is 0.603. The van der Waals surface area contributed by atoms with Gasteiger partial charge in [0, 0.05) is 31.5 Å². The van der Waals surface area contributed by atoms with Crippen molar-refractivity contribution in [1.82, 2.24) is 10.2 Å². The Kier molecular flexibility index (Phi) is 8.75. The van der Waals surface area contributed by atoms with E-state index >= 15 is 0 Å². The molecule has 0 radical (unpaired) electrons. The lowest BCUT2D eigenvalue weighted by Gasteiger charge is -2.35. The number of likely N-dealkylation sites (tertiary alicyclic amines) is 1. The minimum atomic E-state index is -0.534. The number of piperidine rings is 1. The van der Waals surface area contributed by atoms with Gasteiger partial charge in [0.25, 0.3) is 5.91 Å². The minimum absolute atomic E-state index is 0.0150. The summed E-state index contributed by atoms with van der Waals surface area (Å²) < 4.78 is 11.9. The summed E-state index contributed by atoms with van der Waals surface area (Å²) in [4.78, 5) is 28.1. The summed E-state index contributed by atoms with van der Waals surface area (Å²) in [5.74, 6) is 1.56. The van der Waals surface area contributed by atoms with Gasteiger partial charge in [-0.3, -0.25) is 9.59 Å². The number of hydrogen-bond acceptors (Lipinski definition) is 4. The predicted octanol–water partition coefficient (Wildman–Crippen LogP) is 4.61. The molecule has 2 amide bonds. The summed E-state index contributed by atoms with van der Waals surface area (Å²) in [5.41, 5.74) is 1.51. The molecule has 0 aliphatic carbocycles. The molecule has 6 heteroatoms. The van der Waals surface area contributed by atoms with Gasteiger partial charge >= 0.3 is 0 Å². The lowest BCUT2D eigenvalue weighted by Crippen LogP contribution is -2.52. The number of para-hydroxylation sites is 2. The first kappa shape index (κ1) is 24.6. The molecule has 1 atom stereocenters. The lowest BCUT2D eigenvalue weighted by atomic mass is 9.99. The second-order valence-corrected chi connectivity index (χ2v) is 8.99. The molecule has 1 saturated heterocycles. The van der Waals surface area contributed by atoms with E-state index in [4.69, 9.17) is 9.47 Å². The number of carbonyl (C=O) groups excluding carboxylic acids is 2. The number of benzene rings is 2. The van der Waals surface area contributed by atoms with Gasteiger partial charge in [0.05, 0.1) is 6.61 Å². The number of ether oxygens (including phenoxy) is 2. The van der Waals surface area contributed by atoms with Crippen molar-refractivity contribution in [2.45, 2.75) is 59.1 Å².